The van der Waals surface area contributed by atoms with E-state index in [9.17, 15) is 0 Å². The van der Waals surface area contributed by atoms with Crippen LogP contribution in [0.5, 0.6) is 0 Å². The summed E-state index contributed by atoms with van der Waals surface area (Å²) >= 11 is 11.4. The number of rotatable bonds is 2. The number of likely N-dealkylation sites (tertiary alicyclic amines) is 1. The maximum atomic E-state index is 5.88. The SMILES string of the molecule is Cl/C=C(/Cl)CN1CCCCCCC1. The van der Waals surface area contributed by atoms with Gasteiger partial charge in [0.15, 0.2) is 0 Å². The van der Waals surface area contributed by atoms with E-state index in [-0.39, 0.29) is 0 Å². The first kappa shape index (κ1) is 11.4. The number of hydrogen-bond donors (Lipinski definition) is 0. The maximum Gasteiger partial charge on any atom is 0.0434 e. The van der Waals surface area contributed by atoms with Crippen LogP contribution in [0.3, 0.4) is 0 Å². The lowest BCUT2D eigenvalue weighted by Crippen LogP contribution is -2.28. The van der Waals surface area contributed by atoms with Crippen molar-refractivity contribution in [2.45, 2.75) is 32.1 Å². The molecule has 0 N–H and O–H groups in total. The second-order valence-electron chi connectivity index (χ2n) is 3.60. The highest BCUT2D eigenvalue weighted by Crippen LogP contribution is 2.13. The van der Waals surface area contributed by atoms with Gasteiger partial charge in [-0.05, 0) is 25.9 Å². The predicted octanol–water partition coefficient (Wildman–Crippen LogP) is 3.57. The Hall–Kier alpha value is 0.280. The smallest absolute Gasteiger partial charge is 0.0434 e. The van der Waals surface area contributed by atoms with Crippen molar-refractivity contribution in [3.8, 4) is 0 Å². The molecule has 0 aromatic heterocycles. The minimum atomic E-state index is 0.752. The Morgan fingerprint density at radius 1 is 1.08 bits per heavy atom. The molecule has 3 heteroatoms. The van der Waals surface area contributed by atoms with E-state index in [0.717, 1.165) is 11.6 Å². The van der Waals surface area contributed by atoms with Crippen molar-refractivity contribution >= 4 is 23.2 Å². The third-order valence-electron chi connectivity index (χ3n) is 2.44. The van der Waals surface area contributed by atoms with Crippen molar-refractivity contribution in [3.05, 3.63) is 10.6 Å². The average molecular weight is 222 g/mol. The number of nitrogens with zero attached hydrogens (tertiary/aromatic N) is 1. The van der Waals surface area contributed by atoms with E-state index in [2.05, 4.69) is 4.90 Å². The Kier molecular flexibility index (Phi) is 5.85. The standard InChI is InChI=1S/C10H17Cl2N/c11-8-10(12)9-13-6-4-2-1-3-5-7-13/h8H,1-7,9H2/b10-8+. The van der Waals surface area contributed by atoms with E-state index in [1.54, 1.807) is 0 Å². The Morgan fingerprint density at radius 2 is 1.62 bits per heavy atom. The number of halogens is 2. The molecular formula is C10H17Cl2N. The van der Waals surface area contributed by atoms with Crippen LogP contribution in [0, 0.1) is 0 Å². The lowest BCUT2D eigenvalue weighted by molar-refractivity contribution is 0.269. The molecule has 0 atom stereocenters. The first-order chi connectivity index (χ1) is 6.33. The molecule has 0 aliphatic carbocycles. The van der Waals surface area contributed by atoms with E-state index in [0.29, 0.717) is 0 Å². The summed E-state index contributed by atoms with van der Waals surface area (Å²) < 4.78 is 0. The van der Waals surface area contributed by atoms with Crippen LogP contribution in [0.15, 0.2) is 10.6 Å². The molecule has 1 saturated heterocycles. The normalized spacial score (nSPS) is 22.5. The first-order valence-corrected chi connectivity index (χ1v) is 5.81. The molecule has 1 rings (SSSR count). The van der Waals surface area contributed by atoms with Crippen molar-refractivity contribution in [2.75, 3.05) is 19.6 Å². The molecule has 0 unspecified atom stereocenters. The van der Waals surface area contributed by atoms with Crippen LogP contribution in [-0.4, -0.2) is 24.5 Å². The van der Waals surface area contributed by atoms with Crippen molar-refractivity contribution in [3.63, 3.8) is 0 Å². The third kappa shape index (κ3) is 4.90. The lowest BCUT2D eigenvalue weighted by Gasteiger charge is -2.23. The van der Waals surface area contributed by atoms with Crippen LogP contribution in [-0.2, 0) is 0 Å². The number of hydrogen-bond acceptors (Lipinski definition) is 1. The topological polar surface area (TPSA) is 3.24 Å². The van der Waals surface area contributed by atoms with Crippen LogP contribution < -0.4 is 0 Å². The Labute approximate surface area is 90.7 Å². The molecule has 0 aromatic carbocycles. The molecule has 0 bridgehead atoms. The van der Waals surface area contributed by atoms with Crippen LogP contribution >= 0.6 is 23.2 Å². The van der Waals surface area contributed by atoms with Gasteiger partial charge in [-0.3, -0.25) is 4.90 Å². The minimum Gasteiger partial charge on any atom is -0.298 e. The summed E-state index contributed by atoms with van der Waals surface area (Å²) in [5.41, 5.74) is 1.47. The van der Waals surface area contributed by atoms with Gasteiger partial charge in [-0.1, -0.05) is 42.5 Å². The summed E-state index contributed by atoms with van der Waals surface area (Å²) in [6, 6.07) is 0. The maximum absolute atomic E-state index is 5.88. The molecule has 0 radical (unpaired) electrons. The molecule has 1 nitrogen and oxygen atoms in total. The van der Waals surface area contributed by atoms with Gasteiger partial charge >= 0.3 is 0 Å². The average Bonchev–Trinajstić information content (AvgIpc) is 2.09. The van der Waals surface area contributed by atoms with Crippen LogP contribution in [0.25, 0.3) is 0 Å². The second-order valence-corrected chi connectivity index (χ2v) is 4.30. The predicted molar refractivity (Wildman–Crippen MR) is 59.3 cm³/mol. The van der Waals surface area contributed by atoms with E-state index in [1.165, 1.54) is 50.7 Å². The van der Waals surface area contributed by atoms with Gasteiger partial charge in [0.05, 0.1) is 0 Å². The van der Waals surface area contributed by atoms with Gasteiger partial charge in [0, 0.05) is 17.1 Å². The van der Waals surface area contributed by atoms with Gasteiger partial charge in [-0.2, -0.15) is 0 Å². The molecule has 13 heavy (non-hydrogen) atoms. The third-order valence-corrected chi connectivity index (χ3v) is 3.05. The fraction of sp³-hybridized carbons (Fsp3) is 0.800. The molecule has 0 saturated carbocycles. The van der Waals surface area contributed by atoms with Gasteiger partial charge in [0.1, 0.15) is 0 Å². The van der Waals surface area contributed by atoms with Crippen molar-refractivity contribution in [1.82, 2.24) is 4.90 Å². The monoisotopic (exact) mass is 221 g/mol. The van der Waals surface area contributed by atoms with Gasteiger partial charge in [0.2, 0.25) is 0 Å². The Morgan fingerprint density at radius 3 is 2.15 bits per heavy atom. The summed E-state index contributed by atoms with van der Waals surface area (Å²) in [5.74, 6) is 0. The van der Waals surface area contributed by atoms with Gasteiger partial charge in [0.25, 0.3) is 0 Å². The minimum absolute atomic E-state index is 0.752. The molecule has 0 spiro atoms. The highest BCUT2D eigenvalue weighted by Gasteiger charge is 2.08. The van der Waals surface area contributed by atoms with Crippen molar-refractivity contribution in [2.24, 2.45) is 0 Å². The fourth-order valence-corrected chi connectivity index (χ4v) is 1.96. The summed E-state index contributed by atoms with van der Waals surface area (Å²) in [6.07, 6.45) is 6.71. The van der Waals surface area contributed by atoms with Gasteiger partial charge in [-0.25, -0.2) is 0 Å². The highest BCUT2D eigenvalue weighted by atomic mass is 35.5. The van der Waals surface area contributed by atoms with E-state index in [1.807, 2.05) is 0 Å². The lowest BCUT2D eigenvalue weighted by atomic mass is 10.1. The van der Waals surface area contributed by atoms with E-state index in [4.69, 9.17) is 23.2 Å². The molecule has 0 aromatic rings. The van der Waals surface area contributed by atoms with Gasteiger partial charge < -0.3 is 0 Å². The molecule has 1 aliphatic rings. The first-order valence-electron chi connectivity index (χ1n) is 5.00. The quantitative estimate of drug-likeness (QED) is 0.690. The molecule has 1 aliphatic heterocycles. The molecule has 76 valence electrons. The van der Waals surface area contributed by atoms with Crippen LogP contribution in [0.4, 0.5) is 0 Å². The summed E-state index contributed by atoms with van der Waals surface area (Å²) in [5, 5.41) is 0.752. The zero-order valence-corrected chi connectivity index (χ0v) is 9.45. The summed E-state index contributed by atoms with van der Waals surface area (Å²) in [7, 11) is 0. The van der Waals surface area contributed by atoms with Crippen LogP contribution in [0.2, 0.25) is 0 Å². The van der Waals surface area contributed by atoms with E-state index < -0.39 is 0 Å². The summed E-state index contributed by atoms with van der Waals surface area (Å²) in [4.78, 5) is 2.39. The largest absolute Gasteiger partial charge is 0.298 e. The Bertz CT molecular complexity index is 160. The molecule has 1 fully saturated rings. The van der Waals surface area contributed by atoms with E-state index >= 15 is 0 Å². The second kappa shape index (κ2) is 6.69. The molecule has 1 heterocycles. The highest BCUT2D eigenvalue weighted by molar-refractivity contribution is 6.36. The van der Waals surface area contributed by atoms with Crippen molar-refractivity contribution < 1.29 is 0 Å². The zero-order chi connectivity index (χ0) is 9.52. The fourth-order valence-electron chi connectivity index (χ4n) is 1.72. The summed E-state index contributed by atoms with van der Waals surface area (Å²) in [6.45, 7) is 3.16. The molecular weight excluding hydrogens is 205 g/mol. The van der Waals surface area contributed by atoms with Crippen LogP contribution in [0.1, 0.15) is 32.1 Å². The molecule has 0 amide bonds. The van der Waals surface area contributed by atoms with Crippen molar-refractivity contribution in [1.29, 1.82) is 0 Å². The van der Waals surface area contributed by atoms with Gasteiger partial charge in [-0.15, -0.1) is 0 Å². The zero-order valence-electron chi connectivity index (χ0n) is 7.94. The Balaban J connectivity index is 2.29.